The van der Waals surface area contributed by atoms with Gasteiger partial charge in [0.1, 0.15) is 5.75 Å². The van der Waals surface area contributed by atoms with Gasteiger partial charge in [0.05, 0.1) is 19.1 Å². The van der Waals surface area contributed by atoms with Crippen molar-refractivity contribution >= 4 is 20.2 Å². The lowest BCUT2D eigenvalue weighted by molar-refractivity contribution is 0.243. The fourth-order valence-electron chi connectivity index (χ4n) is 5.57. The first-order chi connectivity index (χ1) is 15.6. The number of rotatable bonds is 8. The molecule has 0 heterocycles. The van der Waals surface area contributed by atoms with E-state index >= 15 is 0 Å². The molecule has 2 aliphatic rings. The summed E-state index contributed by atoms with van der Waals surface area (Å²) in [5.74, 6) is 1.86. The van der Waals surface area contributed by atoms with Crippen LogP contribution in [0.25, 0.3) is 0 Å². The Balaban J connectivity index is 1.54. The third-order valence-corrected chi connectivity index (χ3v) is 7.94. The van der Waals surface area contributed by atoms with E-state index in [0.717, 1.165) is 25.4 Å². The molecule has 33 heavy (non-hydrogen) atoms. The minimum atomic E-state index is -3.54. The van der Waals surface area contributed by atoms with Crippen LogP contribution in [0.3, 0.4) is 0 Å². The Morgan fingerprint density at radius 1 is 0.879 bits per heavy atom. The molecular weight excluding hydrogens is 460 g/mol. The van der Waals surface area contributed by atoms with Crippen molar-refractivity contribution in [1.29, 1.82) is 0 Å². The number of aryl methyl sites for hydroxylation is 1. The average molecular weight is 493 g/mol. The summed E-state index contributed by atoms with van der Waals surface area (Å²) in [5.41, 5.74) is 5.27. The third-order valence-electron chi connectivity index (χ3n) is 6.85. The van der Waals surface area contributed by atoms with Gasteiger partial charge in [-0.3, -0.25) is 4.18 Å². The molecule has 0 saturated heterocycles. The Bertz CT molecular complexity index is 1190. The van der Waals surface area contributed by atoms with Gasteiger partial charge in [-0.2, -0.15) is 16.8 Å². The Kier molecular flexibility index (Phi) is 7.17. The van der Waals surface area contributed by atoms with Crippen molar-refractivity contribution in [2.45, 2.75) is 56.8 Å². The Hall–Kier alpha value is -1.90. The molecule has 0 radical (unpaired) electrons. The molecule has 0 bridgehead atoms. The monoisotopic (exact) mass is 492 g/mol. The van der Waals surface area contributed by atoms with Crippen LogP contribution >= 0.6 is 0 Å². The maximum atomic E-state index is 11.4. The largest absolute Gasteiger partial charge is 0.383 e. The summed E-state index contributed by atoms with van der Waals surface area (Å²) < 4.78 is 55.1. The van der Waals surface area contributed by atoms with E-state index in [9.17, 15) is 16.8 Å². The van der Waals surface area contributed by atoms with Gasteiger partial charge in [-0.25, -0.2) is 0 Å². The topological polar surface area (TPSA) is 86.7 Å². The number of hydrogen-bond acceptors (Lipinski definition) is 6. The van der Waals surface area contributed by atoms with Crippen LogP contribution in [0.5, 0.6) is 5.75 Å². The molecule has 3 atom stereocenters. The van der Waals surface area contributed by atoms with Crippen LogP contribution in [0.1, 0.15) is 66.2 Å². The predicted molar refractivity (Wildman–Crippen MR) is 129 cm³/mol. The van der Waals surface area contributed by atoms with Gasteiger partial charge in [0.2, 0.25) is 0 Å². The van der Waals surface area contributed by atoms with Gasteiger partial charge in [0, 0.05) is 0 Å². The summed E-state index contributed by atoms with van der Waals surface area (Å²) in [7, 11) is -6.94. The zero-order valence-corrected chi connectivity index (χ0v) is 20.8. The maximum absolute atomic E-state index is 11.4. The molecule has 0 spiro atoms. The number of benzene rings is 2. The lowest BCUT2D eigenvalue weighted by atomic mass is 9.61. The van der Waals surface area contributed by atoms with Crippen LogP contribution in [0.2, 0.25) is 0 Å². The van der Waals surface area contributed by atoms with Gasteiger partial charge in [-0.05, 0) is 84.2 Å². The van der Waals surface area contributed by atoms with Crippen molar-refractivity contribution in [2.24, 2.45) is 5.92 Å². The highest BCUT2D eigenvalue weighted by molar-refractivity contribution is 7.86. The molecule has 2 aromatic carbocycles. The van der Waals surface area contributed by atoms with E-state index in [1.807, 2.05) is 12.1 Å². The fourth-order valence-corrected chi connectivity index (χ4v) is 6.45. The van der Waals surface area contributed by atoms with Crippen molar-refractivity contribution in [1.82, 2.24) is 0 Å². The van der Waals surface area contributed by atoms with Gasteiger partial charge >= 0.3 is 10.1 Å². The van der Waals surface area contributed by atoms with Crippen molar-refractivity contribution in [2.75, 3.05) is 19.1 Å². The highest BCUT2D eigenvalue weighted by Crippen LogP contribution is 2.51. The van der Waals surface area contributed by atoms with Gasteiger partial charge < -0.3 is 4.18 Å². The summed E-state index contributed by atoms with van der Waals surface area (Å²) in [5, 5.41) is 0. The summed E-state index contributed by atoms with van der Waals surface area (Å²) >= 11 is 0. The molecule has 3 unspecified atom stereocenters. The molecule has 0 aliphatic heterocycles. The minimum Gasteiger partial charge on any atom is -0.383 e. The summed E-state index contributed by atoms with van der Waals surface area (Å²) in [6.07, 6.45) is 9.42. The van der Waals surface area contributed by atoms with E-state index < -0.39 is 20.2 Å². The summed E-state index contributed by atoms with van der Waals surface area (Å²) in [6, 6.07) is 14.3. The Morgan fingerprint density at radius 2 is 1.61 bits per heavy atom. The van der Waals surface area contributed by atoms with E-state index in [1.54, 1.807) is 12.1 Å². The standard InChI is InChI=1S/C25H32O6S2/c1-32(26,27)30-15-5-6-18-9-14-22-20(16-18)17-25(24-8-4-3-7-23(22)24)19-10-12-21(13-11-19)31-33(2,28)29/h9-14,16,23-25H,3-8,15,17H2,1-2H3. The van der Waals surface area contributed by atoms with Gasteiger partial charge in [0.25, 0.3) is 10.1 Å². The average Bonchev–Trinajstić information content (AvgIpc) is 2.75. The molecule has 8 heteroatoms. The van der Waals surface area contributed by atoms with Crippen molar-refractivity contribution < 1.29 is 25.2 Å². The van der Waals surface area contributed by atoms with Gasteiger partial charge in [-0.1, -0.05) is 43.2 Å². The molecule has 4 rings (SSSR count). The molecule has 1 fully saturated rings. The molecular formula is C25H32O6S2. The number of hydrogen-bond donors (Lipinski definition) is 0. The van der Waals surface area contributed by atoms with Crippen LogP contribution < -0.4 is 4.18 Å². The highest BCUT2D eigenvalue weighted by atomic mass is 32.2. The predicted octanol–water partition coefficient (Wildman–Crippen LogP) is 4.55. The first-order valence-electron chi connectivity index (χ1n) is 11.5. The van der Waals surface area contributed by atoms with Crippen LogP contribution in [0, 0.1) is 5.92 Å². The lowest BCUT2D eigenvalue weighted by Crippen LogP contribution is -2.31. The molecule has 0 aromatic heterocycles. The van der Waals surface area contributed by atoms with Crippen molar-refractivity contribution in [3.05, 3.63) is 64.7 Å². The van der Waals surface area contributed by atoms with E-state index in [0.29, 0.717) is 29.9 Å². The van der Waals surface area contributed by atoms with E-state index in [1.165, 1.54) is 47.9 Å². The second-order valence-electron chi connectivity index (χ2n) is 9.38. The zero-order chi connectivity index (χ0) is 23.6. The van der Waals surface area contributed by atoms with E-state index in [2.05, 4.69) is 18.2 Å². The lowest BCUT2D eigenvalue weighted by Gasteiger charge is -2.43. The molecule has 6 nitrogen and oxygen atoms in total. The van der Waals surface area contributed by atoms with Crippen molar-refractivity contribution in [3.8, 4) is 5.75 Å². The van der Waals surface area contributed by atoms with Crippen LogP contribution in [0.4, 0.5) is 0 Å². The van der Waals surface area contributed by atoms with Gasteiger partial charge in [-0.15, -0.1) is 0 Å². The normalized spacial score (nSPS) is 22.9. The first kappa shape index (κ1) is 24.2. The number of fused-ring (bicyclic) bond motifs is 3. The van der Waals surface area contributed by atoms with Gasteiger partial charge in [0.15, 0.2) is 0 Å². The maximum Gasteiger partial charge on any atom is 0.306 e. The third kappa shape index (κ3) is 6.37. The summed E-state index contributed by atoms with van der Waals surface area (Å²) in [6.45, 7) is 0.200. The molecule has 0 amide bonds. The molecule has 2 aliphatic carbocycles. The first-order valence-corrected chi connectivity index (χ1v) is 15.2. The summed E-state index contributed by atoms with van der Waals surface area (Å²) in [4.78, 5) is 0. The Morgan fingerprint density at radius 3 is 2.30 bits per heavy atom. The molecule has 2 aromatic rings. The van der Waals surface area contributed by atoms with Crippen LogP contribution in [0.15, 0.2) is 42.5 Å². The van der Waals surface area contributed by atoms with Crippen LogP contribution in [-0.4, -0.2) is 36.0 Å². The molecule has 180 valence electrons. The van der Waals surface area contributed by atoms with E-state index in [4.69, 9.17) is 8.37 Å². The quantitative estimate of drug-likeness (QED) is 0.397. The Labute approximate surface area is 197 Å². The smallest absolute Gasteiger partial charge is 0.306 e. The zero-order valence-electron chi connectivity index (χ0n) is 19.2. The molecule has 1 saturated carbocycles. The van der Waals surface area contributed by atoms with Crippen molar-refractivity contribution in [3.63, 3.8) is 0 Å². The van der Waals surface area contributed by atoms with E-state index in [-0.39, 0.29) is 6.61 Å². The SMILES string of the molecule is CS(=O)(=O)OCCCc1ccc2c(c1)CC(c1ccc(OS(C)(=O)=O)cc1)C1CCCCC21. The molecule has 0 N–H and O–H groups in total. The second-order valence-corrected chi connectivity index (χ2v) is 12.6. The highest BCUT2D eigenvalue weighted by Gasteiger charge is 2.38. The van der Waals surface area contributed by atoms with Crippen LogP contribution in [-0.2, 0) is 37.3 Å². The fraction of sp³-hybridized carbons (Fsp3) is 0.520. The second kappa shape index (κ2) is 9.76. The minimum absolute atomic E-state index is 0.200.